The second kappa shape index (κ2) is 6.93. The Labute approximate surface area is 136 Å². The zero-order valence-electron chi connectivity index (χ0n) is 13.4. The first kappa shape index (κ1) is 15.1. The van der Waals surface area contributed by atoms with E-state index in [1.807, 2.05) is 18.2 Å². The second-order valence-electron chi connectivity index (χ2n) is 5.56. The number of aryl methyl sites for hydroxylation is 3. The molecule has 1 N–H and O–H groups in total. The molecule has 0 saturated carbocycles. The molecule has 1 aromatic carbocycles. The molecular weight excluding hydrogens is 282 g/mol. The lowest BCUT2D eigenvalue weighted by Crippen LogP contribution is -1.87. The molecule has 0 unspecified atom stereocenters. The van der Waals surface area contributed by atoms with Crippen molar-refractivity contribution in [3.8, 4) is 23.1 Å². The minimum atomic E-state index is 0.783. The van der Waals surface area contributed by atoms with Gasteiger partial charge in [-0.15, -0.1) is 0 Å². The summed E-state index contributed by atoms with van der Waals surface area (Å²) in [6, 6.07) is 14.2. The van der Waals surface area contributed by atoms with E-state index >= 15 is 0 Å². The first-order valence-electron chi connectivity index (χ1n) is 7.75. The number of hydrogen-bond acceptors (Lipinski definition) is 2. The molecule has 0 spiro atoms. The molecule has 0 amide bonds. The molecule has 0 fully saturated rings. The molecule has 0 bridgehead atoms. The number of aromatic amines is 1. The van der Waals surface area contributed by atoms with Crippen LogP contribution < -0.4 is 0 Å². The zero-order valence-corrected chi connectivity index (χ0v) is 13.4. The lowest BCUT2D eigenvalue weighted by Gasteiger charge is -2.05. The Bertz CT molecular complexity index is 831. The number of aromatic nitrogens is 3. The van der Waals surface area contributed by atoms with Crippen LogP contribution in [0.3, 0.4) is 0 Å². The third-order valence-electron chi connectivity index (χ3n) is 3.77. The third-order valence-corrected chi connectivity index (χ3v) is 3.77. The van der Waals surface area contributed by atoms with Gasteiger partial charge in [0, 0.05) is 30.3 Å². The van der Waals surface area contributed by atoms with Gasteiger partial charge in [0.15, 0.2) is 0 Å². The SMILES string of the molecule is Cc1cccc(C)c1-c1cc(CCC#Cc2ccccn2)[nH]n1. The summed E-state index contributed by atoms with van der Waals surface area (Å²) in [6.45, 7) is 4.24. The van der Waals surface area contributed by atoms with Crippen LogP contribution in [0, 0.1) is 25.7 Å². The molecule has 0 atom stereocenters. The molecular formula is C20H19N3. The summed E-state index contributed by atoms with van der Waals surface area (Å²) in [4.78, 5) is 4.19. The predicted molar refractivity (Wildman–Crippen MR) is 92.9 cm³/mol. The summed E-state index contributed by atoms with van der Waals surface area (Å²) in [6.07, 6.45) is 3.40. The van der Waals surface area contributed by atoms with Crippen molar-refractivity contribution in [1.29, 1.82) is 0 Å². The highest BCUT2D eigenvalue weighted by Gasteiger charge is 2.08. The predicted octanol–water partition coefficient (Wildman–Crippen LogP) is 4.07. The molecule has 3 rings (SSSR count). The summed E-state index contributed by atoms with van der Waals surface area (Å²) in [7, 11) is 0. The molecule has 3 aromatic rings. The monoisotopic (exact) mass is 301 g/mol. The fourth-order valence-corrected chi connectivity index (χ4v) is 2.62. The van der Waals surface area contributed by atoms with Gasteiger partial charge in [0.1, 0.15) is 5.69 Å². The largest absolute Gasteiger partial charge is 0.282 e. The van der Waals surface area contributed by atoms with Crippen molar-refractivity contribution in [2.75, 3.05) is 0 Å². The van der Waals surface area contributed by atoms with Gasteiger partial charge in [0.25, 0.3) is 0 Å². The Morgan fingerprint density at radius 2 is 1.87 bits per heavy atom. The Morgan fingerprint density at radius 3 is 2.61 bits per heavy atom. The average Bonchev–Trinajstić information content (AvgIpc) is 3.01. The Morgan fingerprint density at radius 1 is 1.04 bits per heavy atom. The van der Waals surface area contributed by atoms with E-state index in [1.165, 1.54) is 16.7 Å². The summed E-state index contributed by atoms with van der Waals surface area (Å²) >= 11 is 0. The van der Waals surface area contributed by atoms with E-state index in [9.17, 15) is 0 Å². The minimum absolute atomic E-state index is 0.783. The molecule has 0 aliphatic heterocycles. The van der Waals surface area contributed by atoms with Gasteiger partial charge in [-0.3, -0.25) is 5.10 Å². The van der Waals surface area contributed by atoms with Crippen molar-refractivity contribution >= 4 is 0 Å². The number of hydrogen-bond donors (Lipinski definition) is 1. The van der Waals surface area contributed by atoms with E-state index in [2.05, 4.69) is 65.1 Å². The van der Waals surface area contributed by atoms with Crippen LogP contribution in [0.1, 0.15) is 28.9 Å². The van der Waals surface area contributed by atoms with Crippen LogP contribution in [0.2, 0.25) is 0 Å². The van der Waals surface area contributed by atoms with E-state index in [4.69, 9.17) is 0 Å². The Kier molecular flexibility index (Phi) is 4.54. The van der Waals surface area contributed by atoms with Gasteiger partial charge in [0.2, 0.25) is 0 Å². The minimum Gasteiger partial charge on any atom is -0.282 e. The van der Waals surface area contributed by atoms with Crippen LogP contribution in [-0.2, 0) is 6.42 Å². The van der Waals surface area contributed by atoms with Crippen LogP contribution in [0.4, 0.5) is 0 Å². The van der Waals surface area contributed by atoms with Crippen LogP contribution in [0.5, 0.6) is 0 Å². The number of rotatable bonds is 3. The maximum atomic E-state index is 4.46. The molecule has 114 valence electrons. The van der Waals surface area contributed by atoms with E-state index in [-0.39, 0.29) is 0 Å². The van der Waals surface area contributed by atoms with E-state index in [1.54, 1.807) is 6.20 Å². The first-order valence-corrected chi connectivity index (χ1v) is 7.75. The van der Waals surface area contributed by atoms with Gasteiger partial charge in [0.05, 0.1) is 5.69 Å². The lowest BCUT2D eigenvalue weighted by molar-refractivity contribution is 0.929. The molecule has 2 heterocycles. The molecule has 23 heavy (non-hydrogen) atoms. The van der Waals surface area contributed by atoms with E-state index in [0.717, 1.165) is 29.9 Å². The topological polar surface area (TPSA) is 41.6 Å². The van der Waals surface area contributed by atoms with Gasteiger partial charge in [-0.1, -0.05) is 30.2 Å². The average molecular weight is 301 g/mol. The van der Waals surface area contributed by atoms with Crippen LogP contribution in [0.15, 0.2) is 48.7 Å². The van der Waals surface area contributed by atoms with Gasteiger partial charge >= 0.3 is 0 Å². The molecule has 2 aromatic heterocycles. The van der Waals surface area contributed by atoms with Crippen molar-refractivity contribution in [3.63, 3.8) is 0 Å². The third kappa shape index (κ3) is 3.67. The Hall–Kier alpha value is -2.86. The normalized spacial score (nSPS) is 10.2. The second-order valence-corrected chi connectivity index (χ2v) is 5.56. The van der Waals surface area contributed by atoms with E-state index < -0.39 is 0 Å². The quantitative estimate of drug-likeness (QED) is 0.741. The van der Waals surface area contributed by atoms with Crippen LogP contribution >= 0.6 is 0 Å². The number of benzene rings is 1. The summed E-state index contributed by atoms with van der Waals surface area (Å²) in [5.41, 5.74) is 6.64. The highest BCUT2D eigenvalue weighted by molar-refractivity contribution is 5.67. The Balaban J connectivity index is 1.68. The number of nitrogens with zero attached hydrogens (tertiary/aromatic N) is 2. The van der Waals surface area contributed by atoms with Crippen LogP contribution in [-0.4, -0.2) is 15.2 Å². The maximum Gasteiger partial charge on any atom is 0.113 e. The molecule has 3 heteroatoms. The van der Waals surface area contributed by atoms with Gasteiger partial charge < -0.3 is 0 Å². The molecule has 0 aliphatic carbocycles. The number of pyridine rings is 1. The molecule has 3 nitrogen and oxygen atoms in total. The molecule has 0 radical (unpaired) electrons. The number of nitrogens with one attached hydrogen (secondary N) is 1. The van der Waals surface area contributed by atoms with Gasteiger partial charge in [-0.05, 0) is 49.1 Å². The van der Waals surface area contributed by atoms with Crippen molar-refractivity contribution in [1.82, 2.24) is 15.2 Å². The van der Waals surface area contributed by atoms with E-state index in [0.29, 0.717) is 0 Å². The summed E-state index contributed by atoms with van der Waals surface area (Å²) < 4.78 is 0. The molecule has 0 aliphatic rings. The van der Waals surface area contributed by atoms with Gasteiger partial charge in [-0.2, -0.15) is 5.10 Å². The lowest BCUT2D eigenvalue weighted by atomic mass is 10.00. The summed E-state index contributed by atoms with van der Waals surface area (Å²) in [5.74, 6) is 6.24. The highest BCUT2D eigenvalue weighted by atomic mass is 15.1. The van der Waals surface area contributed by atoms with Gasteiger partial charge in [-0.25, -0.2) is 4.98 Å². The standard InChI is InChI=1S/C20H19N3/c1-15-8-7-9-16(2)20(15)19-14-18(22-23-19)12-4-3-10-17-11-5-6-13-21-17/h5-9,11,13-14H,4,12H2,1-2H3,(H,22,23). The number of H-pyrrole nitrogens is 1. The summed E-state index contributed by atoms with van der Waals surface area (Å²) in [5, 5.41) is 7.58. The molecule has 0 saturated heterocycles. The van der Waals surface area contributed by atoms with Crippen molar-refractivity contribution in [2.45, 2.75) is 26.7 Å². The zero-order chi connectivity index (χ0) is 16.1. The fraction of sp³-hybridized carbons (Fsp3) is 0.200. The van der Waals surface area contributed by atoms with Crippen molar-refractivity contribution in [2.24, 2.45) is 0 Å². The maximum absolute atomic E-state index is 4.46. The highest BCUT2D eigenvalue weighted by Crippen LogP contribution is 2.25. The van der Waals surface area contributed by atoms with Crippen molar-refractivity contribution < 1.29 is 0 Å². The first-order chi connectivity index (χ1) is 11.2. The fourth-order valence-electron chi connectivity index (χ4n) is 2.62. The van der Waals surface area contributed by atoms with Crippen molar-refractivity contribution in [3.05, 3.63) is 71.2 Å². The smallest absolute Gasteiger partial charge is 0.113 e. The van der Waals surface area contributed by atoms with Crippen LogP contribution in [0.25, 0.3) is 11.3 Å².